The summed E-state index contributed by atoms with van der Waals surface area (Å²) in [5.74, 6) is -2.64. The standard InChI is InChI=1S/C28H32F5N5O2/c1-4-17(11-27(3)7-9-37-27)40-26-19(14-39)24(36-13-16-6-5-8-35-12-16)23(30)25(38-26)18-10-20(34)22(29)15(2)21(18)28(31,32)33/h5-6,8,10,12,17,37,39H,4,7,9,11,13-14,34H2,1-3H3,(H,36,38). The molecule has 1 fully saturated rings. The number of nitrogens with two attached hydrogens (primary N) is 1. The van der Waals surface area contributed by atoms with E-state index in [9.17, 15) is 22.7 Å². The van der Waals surface area contributed by atoms with Crippen LogP contribution in [0.5, 0.6) is 5.88 Å². The van der Waals surface area contributed by atoms with Gasteiger partial charge in [0.15, 0.2) is 5.82 Å². The monoisotopic (exact) mass is 565 g/mol. The summed E-state index contributed by atoms with van der Waals surface area (Å²) in [6.07, 6.45) is -0.414. The van der Waals surface area contributed by atoms with Gasteiger partial charge in [0.2, 0.25) is 5.88 Å². The molecule has 12 heteroatoms. The number of hydrogen-bond acceptors (Lipinski definition) is 7. The van der Waals surface area contributed by atoms with Crippen molar-refractivity contribution in [2.45, 2.75) is 71.0 Å². The Morgan fingerprint density at radius 3 is 2.55 bits per heavy atom. The molecule has 0 radical (unpaired) electrons. The van der Waals surface area contributed by atoms with Gasteiger partial charge in [0.1, 0.15) is 17.6 Å². The van der Waals surface area contributed by atoms with Crippen LogP contribution in [0.15, 0.2) is 30.6 Å². The van der Waals surface area contributed by atoms with Crippen molar-refractivity contribution in [1.29, 1.82) is 0 Å². The number of halogens is 5. The quantitative estimate of drug-likeness (QED) is 0.184. The molecule has 2 unspecified atom stereocenters. The van der Waals surface area contributed by atoms with Gasteiger partial charge >= 0.3 is 6.18 Å². The first kappa shape index (κ1) is 29.5. The van der Waals surface area contributed by atoms with Crippen LogP contribution in [-0.4, -0.2) is 33.3 Å². The van der Waals surface area contributed by atoms with Crippen LogP contribution in [0.2, 0.25) is 0 Å². The van der Waals surface area contributed by atoms with Crippen molar-refractivity contribution in [3.05, 3.63) is 64.5 Å². The molecule has 0 amide bonds. The van der Waals surface area contributed by atoms with Gasteiger partial charge in [-0.15, -0.1) is 0 Å². The lowest BCUT2D eigenvalue weighted by Gasteiger charge is -2.42. The normalized spacial score (nSPS) is 17.8. The van der Waals surface area contributed by atoms with Crippen LogP contribution in [0.25, 0.3) is 11.3 Å². The van der Waals surface area contributed by atoms with E-state index in [1.807, 2.05) is 13.8 Å². The van der Waals surface area contributed by atoms with E-state index < -0.39 is 58.6 Å². The smallest absolute Gasteiger partial charge is 0.417 e. The van der Waals surface area contributed by atoms with E-state index in [0.717, 1.165) is 26.0 Å². The summed E-state index contributed by atoms with van der Waals surface area (Å²) in [5, 5.41) is 16.5. The van der Waals surface area contributed by atoms with Gasteiger partial charge in [0.25, 0.3) is 0 Å². The Balaban J connectivity index is 1.90. The molecule has 3 heterocycles. The highest BCUT2D eigenvalue weighted by Gasteiger charge is 2.40. The molecular weight excluding hydrogens is 533 g/mol. The third-order valence-corrected chi connectivity index (χ3v) is 7.26. The molecule has 1 aliphatic heterocycles. The van der Waals surface area contributed by atoms with Crippen molar-refractivity contribution in [2.75, 3.05) is 17.6 Å². The Bertz CT molecular complexity index is 1360. The second-order valence-electron chi connectivity index (χ2n) is 10.2. The molecular formula is C28H32F5N5O2. The highest BCUT2D eigenvalue weighted by atomic mass is 19.4. The van der Waals surface area contributed by atoms with Crippen LogP contribution in [0.3, 0.4) is 0 Å². The van der Waals surface area contributed by atoms with Crippen LogP contribution in [0.1, 0.15) is 55.4 Å². The maximum Gasteiger partial charge on any atom is 0.417 e. The van der Waals surface area contributed by atoms with Crippen LogP contribution in [-0.2, 0) is 19.3 Å². The number of ether oxygens (including phenoxy) is 1. The molecule has 5 N–H and O–H groups in total. The number of anilines is 2. The highest BCUT2D eigenvalue weighted by Crippen LogP contribution is 2.44. The van der Waals surface area contributed by atoms with Gasteiger partial charge in [0, 0.05) is 36.5 Å². The Morgan fingerprint density at radius 1 is 1.27 bits per heavy atom. The minimum absolute atomic E-state index is 0.0383. The predicted molar refractivity (Wildman–Crippen MR) is 142 cm³/mol. The molecule has 40 heavy (non-hydrogen) atoms. The van der Waals surface area contributed by atoms with Gasteiger partial charge in [-0.05, 0) is 56.5 Å². The number of alkyl halides is 3. The molecule has 1 saturated heterocycles. The summed E-state index contributed by atoms with van der Waals surface area (Å²) in [7, 11) is 0. The largest absolute Gasteiger partial charge is 0.474 e. The lowest BCUT2D eigenvalue weighted by Crippen LogP contribution is -2.56. The zero-order valence-electron chi connectivity index (χ0n) is 22.4. The van der Waals surface area contributed by atoms with E-state index in [1.54, 1.807) is 18.3 Å². The zero-order chi connectivity index (χ0) is 29.2. The first-order chi connectivity index (χ1) is 18.9. The number of benzene rings is 1. The summed E-state index contributed by atoms with van der Waals surface area (Å²) < 4.78 is 79.4. The molecule has 7 nitrogen and oxygen atoms in total. The third kappa shape index (κ3) is 5.97. The van der Waals surface area contributed by atoms with Gasteiger partial charge in [-0.25, -0.2) is 13.8 Å². The third-order valence-electron chi connectivity index (χ3n) is 7.26. The number of aromatic nitrogens is 2. The van der Waals surface area contributed by atoms with Gasteiger partial charge in [-0.2, -0.15) is 13.2 Å². The van der Waals surface area contributed by atoms with Crippen molar-refractivity contribution < 1.29 is 31.8 Å². The number of hydrogen-bond donors (Lipinski definition) is 4. The SMILES string of the molecule is CCC(CC1(C)CCN1)Oc1nc(-c2cc(N)c(F)c(C)c2C(F)(F)F)c(F)c(NCc2cccnc2)c1CO. The number of aliphatic hydroxyl groups is 1. The number of pyridine rings is 2. The molecule has 216 valence electrons. The Hall–Kier alpha value is -3.51. The molecule has 0 spiro atoms. The maximum absolute atomic E-state index is 16.2. The van der Waals surface area contributed by atoms with Crippen LogP contribution < -0.4 is 21.1 Å². The van der Waals surface area contributed by atoms with Crippen molar-refractivity contribution in [3.63, 3.8) is 0 Å². The fourth-order valence-corrected chi connectivity index (χ4v) is 4.90. The Labute approximate surface area is 229 Å². The van der Waals surface area contributed by atoms with E-state index in [-0.39, 0.29) is 29.2 Å². The van der Waals surface area contributed by atoms with Crippen molar-refractivity contribution >= 4 is 11.4 Å². The van der Waals surface area contributed by atoms with Crippen LogP contribution in [0.4, 0.5) is 33.3 Å². The summed E-state index contributed by atoms with van der Waals surface area (Å²) in [5.41, 5.74) is 1.56. The first-order valence-corrected chi connectivity index (χ1v) is 12.9. The average Bonchev–Trinajstić information content (AvgIpc) is 2.89. The summed E-state index contributed by atoms with van der Waals surface area (Å²) in [6.45, 7) is 5.01. The van der Waals surface area contributed by atoms with Gasteiger partial charge in [0.05, 0.1) is 29.1 Å². The number of aliphatic hydroxyl groups excluding tert-OH is 1. The predicted octanol–water partition coefficient (Wildman–Crippen LogP) is 5.74. The van der Waals surface area contributed by atoms with E-state index in [4.69, 9.17) is 10.5 Å². The van der Waals surface area contributed by atoms with Gasteiger partial charge in [-0.1, -0.05) is 13.0 Å². The molecule has 0 saturated carbocycles. The lowest BCUT2D eigenvalue weighted by atomic mass is 9.84. The molecule has 3 aromatic rings. The number of nitrogens with zero attached hydrogens (tertiary/aromatic N) is 2. The average molecular weight is 566 g/mol. The minimum atomic E-state index is -5.04. The first-order valence-electron chi connectivity index (χ1n) is 12.9. The second kappa shape index (κ2) is 11.5. The minimum Gasteiger partial charge on any atom is -0.474 e. The van der Waals surface area contributed by atoms with Crippen molar-refractivity contribution in [3.8, 4) is 17.1 Å². The number of rotatable bonds is 10. The van der Waals surface area contributed by atoms with Crippen LogP contribution >= 0.6 is 0 Å². The Morgan fingerprint density at radius 2 is 2.00 bits per heavy atom. The zero-order valence-corrected chi connectivity index (χ0v) is 22.4. The van der Waals surface area contributed by atoms with Gasteiger partial charge in [-0.3, -0.25) is 4.98 Å². The summed E-state index contributed by atoms with van der Waals surface area (Å²) >= 11 is 0. The van der Waals surface area contributed by atoms with E-state index >= 15 is 4.39 Å². The van der Waals surface area contributed by atoms with Crippen molar-refractivity contribution in [2.24, 2.45) is 0 Å². The highest BCUT2D eigenvalue weighted by molar-refractivity contribution is 5.76. The molecule has 2 aromatic heterocycles. The fraction of sp³-hybridized carbons (Fsp3) is 0.429. The molecule has 1 aromatic carbocycles. The fourth-order valence-electron chi connectivity index (χ4n) is 4.90. The molecule has 2 atom stereocenters. The molecule has 0 bridgehead atoms. The molecule has 0 aliphatic carbocycles. The lowest BCUT2D eigenvalue weighted by molar-refractivity contribution is -0.137. The van der Waals surface area contributed by atoms with Crippen LogP contribution in [0, 0.1) is 18.6 Å². The second-order valence-corrected chi connectivity index (χ2v) is 10.2. The van der Waals surface area contributed by atoms with Gasteiger partial charge < -0.3 is 26.2 Å². The Kier molecular flexibility index (Phi) is 8.50. The van der Waals surface area contributed by atoms with E-state index in [2.05, 4.69) is 20.6 Å². The maximum atomic E-state index is 16.2. The number of nitrogens with one attached hydrogen (secondary N) is 2. The molecule has 4 rings (SSSR count). The van der Waals surface area contributed by atoms with Crippen molar-refractivity contribution in [1.82, 2.24) is 15.3 Å². The number of nitrogen functional groups attached to an aromatic ring is 1. The van der Waals surface area contributed by atoms with E-state index in [0.29, 0.717) is 18.4 Å². The topological polar surface area (TPSA) is 105 Å². The summed E-state index contributed by atoms with van der Waals surface area (Å²) in [6, 6.07) is 4.12. The summed E-state index contributed by atoms with van der Waals surface area (Å²) in [4.78, 5) is 8.18. The van der Waals surface area contributed by atoms with E-state index in [1.165, 1.54) is 6.20 Å². The molecule has 1 aliphatic rings.